The van der Waals surface area contributed by atoms with Crippen LogP contribution in [0.2, 0.25) is 0 Å². The maximum Gasteiger partial charge on any atom is 0.261 e. The molecular weight excluding hydrogens is 330 g/mol. The summed E-state index contributed by atoms with van der Waals surface area (Å²) in [5.74, 6) is 0.0577. The molecule has 0 bridgehead atoms. The molecule has 1 N–H and O–H groups in total. The molecule has 1 aliphatic heterocycles. The fraction of sp³-hybridized carbons (Fsp3) is 0.450. The van der Waals surface area contributed by atoms with Gasteiger partial charge in [-0.15, -0.1) is 11.3 Å². The zero-order valence-corrected chi connectivity index (χ0v) is 15.9. The number of rotatable bonds is 6. The smallest absolute Gasteiger partial charge is 0.261 e. The van der Waals surface area contributed by atoms with E-state index < -0.39 is 0 Å². The highest BCUT2D eigenvalue weighted by Gasteiger charge is 2.17. The number of nitrogens with zero attached hydrogens (tertiary/aromatic N) is 2. The van der Waals surface area contributed by atoms with Crippen LogP contribution in [0.5, 0.6) is 0 Å². The van der Waals surface area contributed by atoms with Crippen LogP contribution in [0.3, 0.4) is 0 Å². The fourth-order valence-corrected chi connectivity index (χ4v) is 3.99. The summed E-state index contributed by atoms with van der Waals surface area (Å²) in [5.41, 5.74) is 2.65. The molecule has 1 aromatic carbocycles. The molecule has 134 valence electrons. The Bertz CT molecular complexity index is 704. The SMILES string of the molecule is Cc1cccc(N2CCN(CCCNC(=O)c3ccc(C)s3)CC2)c1. The Hall–Kier alpha value is -1.85. The summed E-state index contributed by atoms with van der Waals surface area (Å²) in [7, 11) is 0. The number of thiophene rings is 1. The van der Waals surface area contributed by atoms with Crippen molar-refractivity contribution in [2.45, 2.75) is 20.3 Å². The van der Waals surface area contributed by atoms with Crippen LogP contribution >= 0.6 is 11.3 Å². The van der Waals surface area contributed by atoms with Crippen LogP contribution in [0.15, 0.2) is 36.4 Å². The fourth-order valence-electron chi connectivity index (χ4n) is 3.20. The normalized spacial score (nSPS) is 15.4. The number of nitrogens with one attached hydrogen (secondary N) is 1. The second kappa shape index (κ2) is 8.50. The first-order valence-corrected chi connectivity index (χ1v) is 9.82. The Morgan fingerprint density at radius 2 is 1.92 bits per heavy atom. The van der Waals surface area contributed by atoms with Crippen molar-refractivity contribution in [1.29, 1.82) is 0 Å². The van der Waals surface area contributed by atoms with E-state index in [4.69, 9.17) is 0 Å². The van der Waals surface area contributed by atoms with Crippen LogP contribution in [-0.2, 0) is 0 Å². The second-order valence-electron chi connectivity index (χ2n) is 6.69. The van der Waals surface area contributed by atoms with Crippen LogP contribution < -0.4 is 10.2 Å². The molecule has 0 aliphatic carbocycles. The number of aryl methyl sites for hydroxylation is 2. The van der Waals surface area contributed by atoms with Crippen molar-refractivity contribution in [3.63, 3.8) is 0 Å². The molecule has 0 spiro atoms. The number of anilines is 1. The van der Waals surface area contributed by atoms with Gasteiger partial charge in [-0.3, -0.25) is 9.69 Å². The average molecular weight is 358 g/mol. The minimum absolute atomic E-state index is 0.0577. The zero-order chi connectivity index (χ0) is 17.6. The Labute approximate surface area is 154 Å². The van der Waals surface area contributed by atoms with E-state index in [1.54, 1.807) is 11.3 Å². The predicted octanol–water partition coefficient (Wildman–Crippen LogP) is 3.31. The maximum atomic E-state index is 12.0. The molecule has 4 nitrogen and oxygen atoms in total. The number of hydrogen-bond donors (Lipinski definition) is 1. The van der Waals surface area contributed by atoms with Gasteiger partial charge in [-0.05, 0) is 56.6 Å². The molecule has 1 fully saturated rings. The summed E-state index contributed by atoms with van der Waals surface area (Å²) >= 11 is 1.55. The number of carbonyl (C=O) groups excluding carboxylic acids is 1. The van der Waals surface area contributed by atoms with Crippen molar-refractivity contribution in [3.8, 4) is 0 Å². The molecule has 1 saturated heterocycles. The van der Waals surface area contributed by atoms with Gasteiger partial charge in [0.1, 0.15) is 0 Å². The van der Waals surface area contributed by atoms with Gasteiger partial charge in [0, 0.05) is 43.3 Å². The van der Waals surface area contributed by atoms with Crippen LogP contribution in [-0.4, -0.2) is 50.1 Å². The highest BCUT2D eigenvalue weighted by molar-refractivity contribution is 7.13. The topological polar surface area (TPSA) is 35.6 Å². The monoisotopic (exact) mass is 357 g/mol. The molecule has 2 heterocycles. The van der Waals surface area contributed by atoms with E-state index >= 15 is 0 Å². The van der Waals surface area contributed by atoms with Gasteiger partial charge in [0.25, 0.3) is 5.91 Å². The number of hydrogen-bond acceptors (Lipinski definition) is 4. The molecule has 0 atom stereocenters. The van der Waals surface area contributed by atoms with E-state index in [-0.39, 0.29) is 5.91 Å². The molecule has 1 aromatic heterocycles. The van der Waals surface area contributed by atoms with Crippen LogP contribution in [0.25, 0.3) is 0 Å². The van der Waals surface area contributed by atoms with Gasteiger partial charge >= 0.3 is 0 Å². The van der Waals surface area contributed by atoms with Gasteiger partial charge < -0.3 is 10.2 Å². The van der Waals surface area contributed by atoms with Gasteiger partial charge in [-0.25, -0.2) is 0 Å². The predicted molar refractivity (Wildman–Crippen MR) is 106 cm³/mol. The first-order valence-electron chi connectivity index (χ1n) is 9.00. The van der Waals surface area contributed by atoms with E-state index in [2.05, 4.69) is 46.3 Å². The third-order valence-corrected chi connectivity index (χ3v) is 5.64. The van der Waals surface area contributed by atoms with Crippen molar-refractivity contribution in [2.75, 3.05) is 44.2 Å². The summed E-state index contributed by atoms with van der Waals surface area (Å²) in [5, 5.41) is 3.03. The molecule has 0 radical (unpaired) electrons. The number of piperazine rings is 1. The summed E-state index contributed by atoms with van der Waals surface area (Å²) in [6.45, 7) is 10.3. The van der Waals surface area contributed by atoms with Crippen molar-refractivity contribution >= 4 is 22.9 Å². The Kier molecular flexibility index (Phi) is 6.10. The first kappa shape index (κ1) is 18.0. The van der Waals surface area contributed by atoms with E-state index in [1.165, 1.54) is 16.1 Å². The lowest BCUT2D eigenvalue weighted by molar-refractivity contribution is 0.0955. The molecule has 0 unspecified atom stereocenters. The number of carbonyl (C=O) groups is 1. The number of benzene rings is 1. The van der Waals surface area contributed by atoms with Gasteiger partial charge in [0.05, 0.1) is 4.88 Å². The van der Waals surface area contributed by atoms with Crippen LogP contribution in [0.1, 0.15) is 26.5 Å². The third kappa shape index (κ3) is 5.06. The number of amides is 1. The lowest BCUT2D eigenvalue weighted by atomic mass is 10.2. The molecule has 5 heteroatoms. The molecule has 2 aromatic rings. The quantitative estimate of drug-likeness (QED) is 0.806. The van der Waals surface area contributed by atoms with Gasteiger partial charge in [-0.2, -0.15) is 0 Å². The maximum absolute atomic E-state index is 12.0. The highest BCUT2D eigenvalue weighted by Crippen LogP contribution is 2.18. The van der Waals surface area contributed by atoms with Gasteiger partial charge in [-0.1, -0.05) is 12.1 Å². The zero-order valence-electron chi connectivity index (χ0n) is 15.1. The lowest BCUT2D eigenvalue weighted by Gasteiger charge is -2.36. The minimum atomic E-state index is 0.0577. The average Bonchev–Trinajstić information content (AvgIpc) is 3.06. The van der Waals surface area contributed by atoms with Crippen molar-refractivity contribution < 1.29 is 4.79 Å². The molecule has 1 amide bonds. The van der Waals surface area contributed by atoms with Gasteiger partial charge in [0.15, 0.2) is 0 Å². The second-order valence-corrected chi connectivity index (χ2v) is 7.98. The molecule has 25 heavy (non-hydrogen) atoms. The lowest BCUT2D eigenvalue weighted by Crippen LogP contribution is -2.47. The summed E-state index contributed by atoms with van der Waals surface area (Å²) < 4.78 is 0. The molecule has 0 saturated carbocycles. The van der Waals surface area contributed by atoms with Crippen molar-refractivity contribution in [1.82, 2.24) is 10.2 Å². The van der Waals surface area contributed by atoms with Crippen LogP contribution in [0, 0.1) is 13.8 Å². The highest BCUT2D eigenvalue weighted by atomic mass is 32.1. The summed E-state index contributed by atoms with van der Waals surface area (Å²) in [6.07, 6.45) is 1.00. The summed E-state index contributed by atoms with van der Waals surface area (Å²) in [4.78, 5) is 19.0. The summed E-state index contributed by atoms with van der Waals surface area (Å²) in [6, 6.07) is 12.6. The third-order valence-electron chi connectivity index (χ3n) is 4.64. The van der Waals surface area contributed by atoms with Gasteiger partial charge in [0.2, 0.25) is 0 Å². The standard InChI is InChI=1S/C20H27N3OS/c1-16-5-3-6-18(15-16)23-13-11-22(12-14-23)10-4-9-21-20(24)19-8-7-17(2)25-19/h3,5-8,15H,4,9-14H2,1-2H3,(H,21,24). The molecule has 3 rings (SSSR count). The van der Waals surface area contributed by atoms with Crippen molar-refractivity contribution in [3.05, 3.63) is 51.7 Å². The Balaban J connectivity index is 1.35. The van der Waals surface area contributed by atoms with E-state index in [0.29, 0.717) is 0 Å². The Morgan fingerprint density at radius 1 is 1.12 bits per heavy atom. The largest absolute Gasteiger partial charge is 0.369 e. The van der Waals surface area contributed by atoms with E-state index in [0.717, 1.165) is 50.6 Å². The van der Waals surface area contributed by atoms with E-state index in [1.807, 2.05) is 19.1 Å². The molecular formula is C20H27N3OS. The van der Waals surface area contributed by atoms with Crippen molar-refractivity contribution in [2.24, 2.45) is 0 Å². The van der Waals surface area contributed by atoms with E-state index in [9.17, 15) is 4.79 Å². The van der Waals surface area contributed by atoms with Crippen LogP contribution in [0.4, 0.5) is 5.69 Å². The molecule has 1 aliphatic rings. The first-order chi connectivity index (χ1) is 12.1. The minimum Gasteiger partial charge on any atom is -0.369 e. The Morgan fingerprint density at radius 3 is 2.60 bits per heavy atom.